The second-order valence-electron chi connectivity index (χ2n) is 7.41. The number of aromatic nitrogens is 3. The van der Waals surface area contributed by atoms with E-state index >= 15 is 0 Å². The van der Waals surface area contributed by atoms with E-state index in [9.17, 15) is 4.79 Å². The van der Waals surface area contributed by atoms with Gasteiger partial charge in [0.15, 0.2) is 0 Å². The summed E-state index contributed by atoms with van der Waals surface area (Å²) in [5, 5.41) is 9.26. The van der Waals surface area contributed by atoms with E-state index in [0.29, 0.717) is 5.92 Å². The van der Waals surface area contributed by atoms with Crippen LogP contribution in [0.2, 0.25) is 0 Å². The molecule has 0 spiro atoms. The first-order valence-corrected chi connectivity index (χ1v) is 9.53. The highest BCUT2D eigenvalue weighted by atomic mass is 16.1. The molecule has 3 heterocycles. The highest BCUT2D eigenvalue weighted by molar-refractivity contribution is 6.04. The van der Waals surface area contributed by atoms with E-state index in [1.807, 2.05) is 16.6 Å². The molecule has 0 atom stereocenters. The number of benzene rings is 2. The monoisotopic (exact) mass is 358 g/mol. The van der Waals surface area contributed by atoms with Crippen molar-refractivity contribution in [2.75, 3.05) is 13.1 Å². The molecule has 2 aromatic heterocycles. The van der Waals surface area contributed by atoms with Gasteiger partial charge in [0.25, 0.3) is 5.56 Å². The first-order chi connectivity index (χ1) is 13.2. The van der Waals surface area contributed by atoms with Crippen molar-refractivity contribution in [3.8, 4) is 11.1 Å². The van der Waals surface area contributed by atoms with Gasteiger partial charge in [0, 0.05) is 12.0 Å². The maximum absolute atomic E-state index is 12.5. The Morgan fingerprint density at radius 1 is 1.07 bits per heavy atom. The van der Waals surface area contributed by atoms with Crippen LogP contribution in [-0.2, 0) is 0 Å². The number of piperidine rings is 1. The third-order valence-corrected chi connectivity index (χ3v) is 5.58. The van der Waals surface area contributed by atoms with Gasteiger partial charge in [0.05, 0.1) is 16.6 Å². The molecule has 1 aliphatic heterocycles. The molecular formula is C22H22N4O. The van der Waals surface area contributed by atoms with E-state index in [-0.39, 0.29) is 5.56 Å². The highest BCUT2D eigenvalue weighted by Crippen LogP contribution is 2.33. The summed E-state index contributed by atoms with van der Waals surface area (Å²) in [6, 6.07) is 16.4. The molecule has 0 saturated carbocycles. The second-order valence-corrected chi connectivity index (χ2v) is 7.41. The van der Waals surface area contributed by atoms with E-state index in [1.54, 1.807) is 6.07 Å². The SMILES string of the molecule is Cc1ccc(-c2cccc3nn4c(C5CCNCC5)cc(=O)[nH]c4c23)cc1. The van der Waals surface area contributed by atoms with Gasteiger partial charge in [-0.3, -0.25) is 4.79 Å². The van der Waals surface area contributed by atoms with Crippen LogP contribution >= 0.6 is 0 Å². The molecular weight excluding hydrogens is 336 g/mol. The molecule has 0 aliphatic carbocycles. The van der Waals surface area contributed by atoms with Gasteiger partial charge in [0.1, 0.15) is 5.65 Å². The third-order valence-electron chi connectivity index (χ3n) is 5.58. The van der Waals surface area contributed by atoms with E-state index in [0.717, 1.165) is 59.3 Å². The van der Waals surface area contributed by atoms with Crippen LogP contribution in [0.4, 0.5) is 0 Å². The summed E-state index contributed by atoms with van der Waals surface area (Å²) < 4.78 is 1.96. The Labute approximate surface area is 157 Å². The van der Waals surface area contributed by atoms with Gasteiger partial charge < -0.3 is 10.3 Å². The van der Waals surface area contributed by atoms with Gasteiger partial charge in [-0.25, -0.2) is 4.52 Å². The summed E-state index contributed by atoms with van der Waals surface area (Å²) in [6.45, 7) is 4.05. The van der Waals surface area contributed by atoms with Crippen molar-refractivity contribution in [3.63, 3.8) is 0 Å². The molecule has 136 valence electrons. The Kier molecular flexibility index (Phi) is 3.83. The average molecular weight is 358 g/mol. The van der Waals surface area contributed by atoms with Crippen LogP contribution in [0.25, 0.3) is 27.7 Å². The van der Waals surface area contributed by atoms with Crippen LogP contribution < -0.4 is 10.9 Å². The normalized spacial score (nSPS) is 15.6. The van der Waals surface area contributed by atoms with Crippen molar-refractivity contribution in [2.24, 2.45) is 0 Å². The molecule has 1 fully saturated rings. The lowest BCUT2D eigenvalue weighted by Crippen LogP contribution is -2.28. The molecule has 0 unspecified atom stereocenters. The zero-order chi connectivity index (χ0) is 18.4. The number of H-pyrrole nitrogens is 1. The number of fused-ring (bicyclic) bond motifs is 3. The molecule has 2 N–H and O–H groups in total. The predicted octanol–water partition coefficient (Wildman–Crippen LogP) is 3.62. The number of hydrogen-bond acceptors (Lipinski definition) is 3. The van der Waals surface area contributed by atoms with Crippen molar-refractivity contribution in [2.45, 2.75) is 25.7 Å². The third kappa shape index (κ3) is 2.75. The van der Waals surface area contributed by atoms with Crippen molar-refractivity contribution in [3.05, 3.63) is 70.1 Å². The van der Waals surface area contributed by atoms with Gasteiger partial charge >= 0.3 is 0 Å². The van der Waals surface area contributed by atoms with E-state index in [4.69, 9.17) is 5.10 Å². The first kappa shape index (κ1) is 16.3. The second kappa shape index (κ2) is 6.35. The lowest BCUT2D eigenvalue weighted by Gasteiger charge is -2.23. The van der Waals surface area contributed by atoms with E-state index in [1.165, 1.54) is 5.56 Å². The molecule has 1 aliphatic rings. The summed E-state index contributed by atoms with van der Waals surface area (Å²) in [7, 11) is 0. The van der Waals surface area contributed by atoms with E-state index < -0.39 is 0 Å². The minimum Gasteiger partial charge on any atom is -0.317 e. The fourth-order valence-corrected chi connectivity index (χ4v) is 4.17. The molecule has 1 saturated heterocycles. The summed E-state index contributed by atoms with van der Waals surface area (Å²) >= 11 is 0. The van der Waals surface area contributed by atoms with Gasteiger partial charge in [-0.1, -0.05) is 42.0 Å². The Bertz CT molecular complexity index is 1180. The Balaban J connectivity index is 1.80. The Morgan fingerprint density at radius 2 is 1.85 bits per heavy atom. The molecule has 4 aromatic rings. The summed E-state index contributed by atoms with van der Waals surface area (Å²) in [5.74, 6) is 0.355. The van der Waals surface area contributed by atoms with Crippen LogP contribution in [-0.4, -0.2) is 27.7 Å². The molecule has 5 nitrogen and oxygen atoms in total. The minimum atomic E-state index is -0.0588. The van der Waals surface area contributed by atoms with Gasteiger partial charge in [0.2, 0.25) is 0 Å². The molecule has 5 heteroatoms. The molecule has 0 radical (unpaired) electrons. The van der Waals surface area contributed by atoms with Crippen LogP contribution in [0.15, 0.2) is 53.3 Å². The fourth-order valence-electron chi connectivity index (χ4n) is 4.17. The maximum atomic E-state index is 12.5. The van der Waals surface area contributed by atoms with E-state index in [2.05, 4.69) is 47.6 Å². The maximum Gasteiger partial charge on any atom is 0.251 e. The van der Waals surface area contributed by atoms with Crippen molar-refractivity contribution >= 4 is 16.6 Å². The quantitative estimate of drug-likeness (QED) is 0.575. The molecule has 5 rings (SSSR count). The summed E-state index contributed by atoms with van der Waals surface area (Å²) in [5.41, 5.74) is 6.12. The van der Waals surface area contributed by atoms with Gasteiger partial charge in [-0.2, -0.15) is 5.10 Å². The standard InChI is InChI=1S/C22H22N4O/c1-14-5-7-15(8-6-14)17-3-2-4-18-21(17)22-24-20(27)13-19(26(22)25-18)16-9-11-23-12-10-16/h2-8,13,16,23H,9-12H2,1H3,(H,24,27). The number of aryl methyl sites for hydroxylation is 1. The zero-order valence-corrected chi connectivity index (χ0v) is 15.3. The summed E-state index contributed by atoms with van der Waals surface area (Å²) in [4.78, 5) is 15.5. The first-order valence-electron chi connectivity index (χ1n) is 9.53. The number of aromatic amines is 1. The predicted molar refractivity (Wildman–Crippen MR) is 108 cm³/mol. The highest BCUT2D eigenvalue weighted by Gasteiger charge is 2.21. The van der Waals surface area contributed by atoms with Crippen molar-refractivity contribution in [1.29, 1.82) is 0 Å². The molecule has 0 bridgehead atoms. The molecule has 27 heavy (non-hydrogen) atoms. The van der Waals surface area contributed by atoms with Crippen LogP contribution in [0.3, 0.4) is 0 Å². The minimum absolute atomic E-state index is 0.0588. The summed E-state index contributed by atoms with van der Waals surface area (Å²) in [6.07, 6.45) is 2.05. The largest absolute Gasteiger partial charge is 0.317 e. The van der Waals surface area contributed by atoms with Crippen LogP contribution in [0, 0.1) is 6.92 Å². The van der Waals surface area contributed by atoms with Crippen LogP contribution in [0.5, 0.6) is 0 Å². The smallest absolute Gasteiger partial charge is 0.251 e. The van der Waals surface area contributed by atoms with Gasteiger partial charge in [-0.05, 0) is 50.0 Å². The Hall–Kier alpha value is -2.92. The Morgan fingerprint density at radius 3 is 2.63 bits per heavy atom. The molecule has 0 amide bonds. The van der Waals surface area contributed by atoms with Crippen molar-refractivity contribution < 1.29 is 0 Å². The van der Waals surface area contributed by atoms with Crippen LogP contribution in [0.1, 0.15) is 30.0 Å². The average Bonchev–Trinajstić information content (AvgIpc) is 3.07. The number of rotatable bonds is 2. The number of nitrogens with zero attached hydrogens (tertiary/aromatic N) is 2. The number of nitrogens with one attached hydrogen (secondary N) is 2. The zero-order valence-electron chi connectivity index (χ0n) is 15.3. The van der Waals surface area contributed by atoms with Crippen molar-refractivity contribution in [1.82, 2.24) is 19.9 Å². The lowest BCUT2D eigenvalue weighted by molar-refractivity contribution is 0.446. The fraction of sp³-hybridized carbons (Fsp3) is 0.273. The lowest BCUT2D eigenvalue weighted by atomic mass is 9.94. The topological polar surface area (TPSA) is 62.2 Å². The van der Waals surface area contributed by atoms with Gasteiger partial charge in [-0.15, -0.1) is 0 Å². The molecule has 2 aromatic carbocycles. The number of hydrogen-bond donors (Lipinski definition) is 2.